The topological polar surface area (TPSA) is 72.4 Å². The van der Waals surface area contributed by atoms with Crippen LogP contribution in [-0.2, 0) is 11.2 Å². The Labute approximate surface area is 129 Å². The van der Waals surface area contributed by atoms with Crippen LogP contribution in [0.15, 0.2) is 28.8 Å². The molecule has 1 fully saturated rings. The highest BCUT2D eigenvalue weighted by atomic mass is 35.5. The van der Waals surface area contributed by atoms with Gasteiger partial charge >= 0.3 is 0 Å². The lowest BCUT2D eigenvalue weighted by atomic mass is 10.1. The number of carbonyl (C=O) groups excluding carboxylic acids is 1. The largest absolute Gasteiger partial charge is 0.356 e. The van der Waals surface area contributed by atoms with Crippen molar-refractivity contribution >= 4 is 29.3 Å². The molecule has 2 atom stereocenters. The quantitative estimate of drug-likeness (QED) is 0.941. The maximum Gasteiger partial charge on any atom is 0.228 e. The van der Waals surface area contributed by atoms with E-state index in [1.165, 1.54) is 0 Å². The lowest BCUT2D eigenvalue weighted by Crippen LogP contribution is -2.35. The number of nitrogens with zero attached hydrogens (tertiary/aromatic N) is 2. The molecule has 2 heterocycles. The Morgan fingerprint density at radius 2 is 2.24 bits per heavy atom. The maximum absolute atomic E-state index is 12.4. The minimum atomic E-state index is 0. The molecular formula is C15H20ClN3O2. The summed E-state index contributed by atoms with van der Waals surface area (Å²) in [5.41, 5.74) is 7.15. The van der Waals surface area contributed by atoms with Gasteiger partial charge in [0.2, 0.25) is 5.91 Å². The number of amides is 1. The van der Waals surface area contributed by atoms with Crippen molar-refractivity contribution in [2.75, 3.05) is 13.1 Å². The monoisotopic (exact) mass is 309 g/mol. The summed E-state index contributed by atoms with van der Waals surface area (Å²) < 4.78 is 5.24. The van der Waals surface area contributed by atoms with Crippen molar-refractivity contribution in [1.29, 1.82) is 0 Å². The van der Waals surface area contributed by atoms with Crippen LogP contribution < -0.4 is 5.73 Å². The van der Waals surface area contributed by atoms with Crippen LogP contribution in [0.5, 0.6) is 0 Å². The lowest BCUT2D eigenvalue weighted by molar-refractivity contribution is -0.131. The molecule has 1 saturated heterocycles. The number of aromatic nitrogens is 1. The van der Waals surface area contributed by atoms with Crippen LogP contribution in [0.3, 0.4) is 0 Å². The van der Waals surface area contributed by atoms with Crippen LogP contribution in [0, 0.1) is 5.92 Å². The van der Waals surface area contributed by atoms with Crippen molar-refractivity contribution in [3.8, 4) is 0 Å². The lowest BCUT2D eigenvalue weighted by Gasteiger charge is -2.21. The van der Waals surface area contributed by atoms with E-state index in [0.29, 0.717) is 24.6 Å². The fourth-order valence-corrected chi connectivity index (χ4v) is 2.97. The number of halogens is 1. The van der Waals surface area contributed by atoms with Gasteiger partial charge < -0.3 is 15.2 Å². The van der Waals surface area contributed by atoms with Gasteiger partial charge in [-0.3, -0.25) is 4.79 Å². The summed E-state index contributed by atoms with van der Waals surface area (Å²) >= 11 is 0. The molecule has 0 radical (unpaired) electrons. The molecule has 3 rings (SSSR count). The van der Waals surface area contributed by atoms with Crippen LogP contribution >= 0.6 is 12.4 Å². The molecule has 1 aliphatic rings. The van der Waals surface area contributed by atoms with Gasteiger partial charge in [-0.25, -0.2) is 0 Å². The number of fused-ring (bicyclic) bond motifs is 1. The Bertz CT molecular complexity index is 628. The van der Waals surface area contributed by atoms with Crippen molar-refractivity contribution in [2.24, 2.45) is 11.7 Å². The zero-order valence-corrected chi connectivity index (χ0v) is 12.8. The second-order valence-electron chi connectivity index (χ2n) is 5.53. The number of rotatable bonds is 3. The van der Waals surface area contributed by atoms with Gasteiger partial charge in [-0.1, -0.05) is 17.3 Å². The molecule has 2 unspecified atom stereocenters. The zero-order valence-electron chi connectivity index (χ0n) is 12.0. The number of hydrogen-bond donors (Lipinski definition) is 1. The number of para-hydroxylation sites is 1. The fourth-order valence-electron chi connectivity index (χ4n) is 2.97. The number of carbonyl (C=O) groups is 1. The highest BCUT2D eigenvalue weighted by molar-refractivity contribution is 5.86. The van der Waals surface area contributed by atoms with Crippen LogP contribution in [0.1, 0.15) is 19.0 Å². The SMILES string of the molecule is CC1CC(CN)CN1C(=O)Cc1noc2ccccc12.Cl. The van der Waals surface area contributed by atoms with Crippen molar-refractivity contribution in [1.82, 2.24) is 10.1 Å². The van der Waals surface area contributed by atoms with Crippen molar-refractivity contribution in [3.05, 3.63) is 30.0 Å². The third kappa shape index (κ3) is 3.04. The van der Waals surface area contributed by atoms with E-state index in [-0.39, 0.29) is 24.4 Å². The zero-order chi connectivity index (χ0) is 14.1. The number of benzene rings is 1. The predicted octanol–water partition coefficient (Wildman–Crippen LogP) is 1.99. The van der Waals surface area contributed by atoms with Gasteiger partial charge in [-0.15, -0.1) is 12.4 Å². The van der Waals surface area contributed by atoms with Crippen molar-refractivity contribution < 1.29 is 9.32 Å². The standard InChI is InChI=1S/C15H19N3O2.ClH/c1-10-6-11(8-16)9-18(10)15(19)7-13-12-4-2-3-5-14(12)20-17-13;/h2-5,10-11H,6-9,16H2,1H3;1H. The molecule has 6 heteroatoms. The first-order chi connectivity index (χ1) is 9.69. The second kappa shape index (κ2) is 6.45. The molecule has 1 amide bonds. The molecule has 0 aliphatic carbocycles. The van der Waals surface area contributed by atoms with E-state index in [9.17, 15) is 4.79 Å². The summed E-state index contributed by atoms with van der Waals surface area (Å²) in [6.07, 6.45) is 1.28. The molecule has 2 N–H and O–H groups in total. The van der Waals surface area contributed by atoms with Gasteiger partial charge in [0, 0.05) is 18.0 Å². The number of hydrogen-bond acceptors (Lipinski definition) is 4. The smallest absolute Gasteiger partial charge is 0.228 e. The van der Waals surface area contributed by atoms with Crippen molar-refractivity contribution in [2.45, 2.75) is 25.8 Å². The molecule has 21 heavy (non-hydrogen) atoms. The molecule has 114 valence electrons. The fraction of sp³-hybridized carbons (Fsp3) is 0.467. The predicted molar refractivity (Wildman–Crippen MR) is 83.3 cm³/mol. The van der Waals surface area contributed by atoms with E-state index < -0.39 is 0 Å². The van der Waals surface area contributed by atoms with E-state index in [0.717, 1.165) is 23.9 Å². The molecular weight excluding hydrogens is 290 g/mol. The summed E-state index contributed by atoms with van der Waals surface area (Å²) in [7, 11) is 0. The Morgan fingerprint density at radius 1 is 1.48 bits per heavy atom. The van der Waals surface area contributed by atoms with Crippen molar-refractivity contribution in [3.63, 3.8) is 0 Å². The Kier molecular flexibility index (Phi) is 4.85. The first kappa shape index (κ1) is 15.8. The maximum atomic E-state index is 12.4. The average Bonchev–Trinajstić information content (AvgIpc) is 3.03. The van der Waals surface area contributed by atoms with Crippen LogP contribution in [0.2, 0.25) is 0 Å². The first-order valence-corrected chi connectivity index (χ1v) is 7.02. The number of nitrogens with two attached hydrogens (primary N) is 1. The van der Waals surface area contributed by atoms with Crippen LogP contribution in [-0.4, -0.2) is 35.1 Å². The molecule has 2 aromatic rings. The molecule has 0 bridgehead atoms. The van der Waals surface area contributed by atoms with E-state index in [2.05, 4.69) is 12.1 Å². The van der Waals surface area contributed by atoms with Gasteiger partial charge in [-0.2, -0.15) is 0 Å². The molecule has 5 nitrogen and oxygen atoms in total. The average molecular weight is 310 g/mol. The summed E-state index contributed by atoms with van der Waals surface area (Å²) in [6, 6.07) is 7.88. The molecule has 1 aromatic heterocycles. The van der Waals surface area contributed by atoms with Gasteiger partial charge in [-0.05, 0) is 37.9 Å². The summed E-state index contributed by atoms with van der Waals surface area (Å²) in [6.45, 7) is 3.47. The Balaban J connectivity index is 0.00000161. The third-order valence-electron chi connectivity index (χ3n) is 4.09. The van der Waals surface area contributed by atoms with Crippen LogP contribution in [0.4, 0.5) is 0 Å². The summed E-state index contributed by atoms with van der Waals surface area (Å²) in [5.74, 6) is 0.524. The Morgan fingerprint density at radius 3 is 2.95 bits per heavy atom. The van der Waals surface area contributed by atoms with E-state index in [1.54, 1.807) is 0 Å². The van der Waals surface area contributed by atoms with Crippen LogP contribution in [0.25, 0.3) is 11.0 Å². The van der Waals surface area contributed by atoms with E-state index in [1.807, 2.05) is 29.2 Å². The molecule has 0 saturated carbocycles. The van der Waals surface area contributed by atoms with Gasteiger partial charge in [0.15, 0.2) is 5.58 Å². The Hall–Kier alpha value is -1.59. The van der Waals surface area contributed by atoms with Gasteiger partial charge in [0.05, 0.1) is 6.42 Å². The van der Waals surface area contributed by atoms with E-state index >= 15 is 0 Å². The minimum Gasteiger partial charge on any atom is -0.356 e. The third-order valence-corrected chi connectivity index (χ3v) is 4.09. The number of likely N-dealkylation sites (tertiary alicyclic amines) is 1. The summed E-state index contributed by atoms with van der Waals surface area (Å²) in [5, 5.41) is 4.94. The second-order valence-corrected chi connectivity index (χ2v) is 5.53. The van der Waals surface area contributed by atoms with Gasteiger partial charge in [0.1, 0.15) is 5.69 Å². The highest BCUT2D eigenvalue weighted by Gasteiger charge is 2.31. The molecule has 0 spiro atoms. The van der Waals surface area contributed by atoms with Gasteiger partial charge in [0.25, 0.3) is 0 Å². The highest BCUT2D eigenvalue weighted by Crippen LogP contribution is 2.24. The normalized spacial score (nSPS) is 21.5. The summed E-state index contributed by atoms with van der Waals surface area (Å²) in [4.78, 5) is 14.3. The van der Waals surface area contributed by atoms with E-state index in [4.69, 9.17) is 10.3 Å². The minimum absolute atomic E-state index is 0. The molecule has 1 aromatic carbocycles. The first-order valence-electron chi connectivity index (χ1n) is 7.02. The molecule has 1 aliphatic heterocycles.